The van der Waals surface area contributed by atoms with Crippen LogP contribution in [0.1, 0.15) is 24.0 Å². The number of benzene rings is 1. The summed E-state index contributed by atoms with van der Waals surface area (Å²) in [6, 6.07) is 6.97. The topological polar surface area (TPSA) is 15.3 Å². The largest absolute Gasteiger partial charge is 0.312 e. The smallest absolute Gasteiger partial charge is 0.0408 e. The van der Waals surface area contributed by atoms with Crippen molar-refractivity contribution >= 4 is 11.6 Å². The van der Waals surface area contributed by atoms with Crippen molar-refractivity contribution < 1.29 is 0 Å². The van der Waals surface area contributed by atoms with Gasteiger partial charge in [0.05, 0.1) is 0 Å². The molecule has 3 rings (SSSR count). The molecule has 18 heavy (non-hydrogen) atoms. The maximum atomic E-state index is 6.01. The van der Waals surface area contributed by atoms with Crippen molar-refractivity contribution in [1.29, 1.82) is 0 Å². The molecule has 0 spiro atoms. The Kier molecular flexibility index (Phi) is 3.60. The molecule has 1 N–H and O–H groups in total. The number of aryl methyl sites for hydroxylation is 1. The Bertz CT molecular complexity index is 419. The SMILES string of the molecule is Cc1cc(Cl)ccc1CN1CC2CCCNC2C1. The van der Waals surface area contributed by atoms with Gasteiger partial charge in [-0.15, -0.1) is 0 Å². The highest BCUT2D eigenvalue weighted by Crippen LogP contribution is 2.27. The molecule has 2 saturated heterocycles. The number of hydrogen-bond donors (Lipinski definition) is 1. The van der Waals surface area contributed by atoms with Crippen LogP contribution < -0.4 is 5.32 Å². The summed E-state index contributed by atoms with van der Waals surface area (Å²) in [7, 11) is 0. The molecule has 1 aromatic carbocycles. The van der Waals surface area contributed by atoms with Gasteiger partial charge in [0.25, 0.3) is 0 Å². The highest BCUT2D eigenvalue weighted by Gasteiger charge is 2.33. The van der Waals surface area contributed by atoms with E-state index in [4.69, 9.17) is 11.6 Å². The number of fused-ring (bicyclic) bond motifs is 1. The summed E-state index contributed by atoms with van der Waals surface area (Å²) in [6.45, 7) is 6.88. The minimum atomic E-state index is 0.728. The number of halogens is 1. The normalized spacial score (nSPS) is 28.3. The molecule has 98 valence electrons. The summed E-state index contributed by atoms with van der Waals surface area (Å²) >= 11 is 6.01. The van der Waals surface area contributed by atoms with Gasteiger partial charge in [0.2, 0.25) is 0 Å². The van der Waals surface area contributed by atoms with Crippen LogP contribution in [0, 0.1) is 12.8 Å². The number of likely N-dealkylation sites (tertiary alicyclic amines) is 1. The van der Waals surface area contributed by atoms with Gasteiger partial charge in [-0.1, -0.05) is 17.7 Å². The van der Waals surface area contributed by atoms with Crippen LogP contribution in [0.25, 0.3) is 0 Å². The molecule has 0 radical (unpaired) electrons. The fourth-order valence-electron chi connectivity index (χ4n) is 3.34. The molecule has 0 saturated carbocycles. The summed E-state index contributed by atoms with van der Waals surface area (Å²) in [6.07, 6.45) is 2.74. The number of nitrogens with zero attached hydrogens (tertiary/aromatic N) is 1. The molecule has 2 aliphatic rings. The van der Waals surface area contributed by atoms with Gasteiger partial charge in [0.15, 0.2) is 0 Å². The van der Waals surface area contributed by atoms with E-state index in [2.05, 4.69) is 29.3 Å². The second kappa shape index (κ2) is 5.20. The minimum Gasteiger partial charge on any atom is -0.312 e. The van der Waals surface area contributed by atoms with E-state index in [1.54, 1.807) is 0 Å². The lowest BCUT2D eigenvalue weighted by atomic mass is 9.94. The molecule has 0 aromatic heterocycles. The van der Waals surface area contributed by atoms with Crippen LogP contribution in [-0.2, 0) is 6.54 Å². The van der Waals surface area contributed by atoms with E-state index < -0.39 is 0 Å². The summed E-state index contributed by atoms with van der Waals surface area (Å²) in [5.41, 5.74) is 2.73. The Morgan fingerprint density at radius 2 is 2.28 bits per heavy atom. The van der Waals surface area contributed by atoms with Crippen molar-refractivity contribution in [1.82, 2.24) is 10.2 Å². The number of rotatable bonds is 2. The Morgan fingerprint density at radius 1 is 1.39 bits per heavy atom. The van der Waals surface area contributed by atoms with Gasteiger partial charge in [0, 0.05) is 30.7 Å². The van der Waals surface area contributed by atoms with E-state index >= 15 is 0 Å². The second-order valence-electron chi connectivity index (χ2n) is 5.73. The van der Waals surface area contributed by atoms with E-state index in [-0.39, 0.29) is 0 Å². The molecule has 2 heterocycles. The molecule has 2 nitrogen and oxygen atoms in total. The second-order valence-corrected chi connectivity index (χ2v) is 6.16. The van der Waals surface area contributed by atoms with Crippen LogP contribution in [0.3, 0.4) is 0 Å². The summed E-state index contributed by atoms with van der Waals surface area (Å²) in [5.74, 6) is 0.867. The molecule has 0 bridgehead atoms. The number of piperidine rings is 1. The average molecular weight is 265 g/mol. The van der Waals surface area contributed by atoms with Gasteiger partial charge in [-0.2, -0.15) is 0 Å². The third-order valence-corrected chi connectivity index (χ3v) is 4.61. The molecule has 0 aliphatic carbocycles. The molecule has 3 heteroatoms. The molecular weight excluding hydrogens is 244 g/mol. The molecule has 0 amide bonds. The van der Waals surface area contributed by atoms with Gasteiger partial charge in [-0.3, -0.25) is 4.90 Å². The molecule has 2 fully saturated rings. The summed E-state index contributed by atoms with van der Waals surface area (Å²) in [5, 5.41) is 4.50. The molecule has 2 unspecified atom stereocenters. The number of hydrogen-bond acceptors (Lipinski definition) is 2. The first-order valence-electron chi connectivity index (χ1n) is 6.93. The van der Waals surface area contributed by atoms with Crippen molar-refractivity contribution in [2.24, 2.45) is 5.92 Å². The molecular formula is C15H21ClN2. The Hall–Kier alpha value is -0.570. The average Bonchev–Trinajstić information content (AvgIpc) is 2.75. The zero-order chi connectivity index (χ0) is 12.5. The first-order chi connectivity index (χ1) is 8.72. The fraction of sp³-hybridized carbons (Fsp3) is 0.600. The van der Waals surface area contributed by atoms with Gasteiger partial charge >= 0.3 is 0 Å². The lowest BCUT2D eigenvalue weighted by Crippen LogP contribution is -2.40. The van der Waals surface area contributed by atoms with E-state index in [1.807, 2.05) is 6.07 Å². The van der Waals surface area contributed by atoms with Gasteiger partial charge < -0.3 is 5.32 Å². The molecule has 2 atom stereocenters. The van der Waals surface area contributed by atoms with Crippen LogP contribution in [0.4, 0.5) is 0 Å². The van der Waals surface area contributed by atoms with Crippen LogP contribution in [0.15, 0.2) is 18.2 Å². The monoisotopic (exact) mass is 264 g/mol. The highest BCUT2D eigenvalue weighted by atomic mass is 35.5. The standard InChI is InChI=1S/C15H21ClN2/c1-11-7-14(16)5-4-12(11)8-18-9-13-3-2-6-17-15(13)10-18/h4-5,7,13,15,17H,2-3,6,8-10H2,1H3. The number of nitrogens with one attached hydrogen (secondary N) is 1. The minimum absolute atomic E-state index is 0.728. The maximum Gasteiger partial charge on any atom is 0.0408 e. The van der Waals surface area contributed by atoms with E-state index in [0.29, 0.717) is 0 Å². The van der Waals surface area contributed by atoms with Crippen molar-refractivity contribution in [3.63, 3.8) is 0 Å². The Balaban J connectivity index is 1.66. The lowest BCUT2D eigenvalue weighted by molar-refractivity contribution is 0.312. The van der Waals surface area contributed by atoms with Gasteiger partial charge in [0.1, 0.15) is 0 Å². The van der Waals surface area contributed by atoms with Crippen molar-refractivity contribution in [3.05, 3.63) is 34.3 Å². The summed E-state index contributed by atoms with van der Waals surface area (Å²) < 4.78 is 0. The third-order valence-electron chi connectivity index (χ3n) is 4.37. The zero-order valence-electron chi connectivity index (χ0n) is 11.0. The quantitative estimate of drug-likeness (QED) is 0.884. The highest BCUT2D eigenvalue weighted by molar-refractivity contribution is 6.30. The van der Waals surface area contributed by atoms with Crippen molar-refractivity contribution in [2.45, 2.75) is 32.4 Å². The Labute approximate surface area is 114 Å². The summed E-state index contributed by atoms with van der Waals surface area (Å²) in [4.78, 5) is 2.59. The van der Waals surface area contributed by atoms with E-state index in [9.17, 15) is 0 Å². The predicted octanol–water partition coefficient (Wildman–Crippen LogP) is 2.83. The van der Waals surface area contributed by atoms with Crippen LogP contribution >= 0.6 is 11.6 Å². The maximum absolute atomic E-state index is 6.01. The van der Waals surface area contributed by atoms with E-state index in [1.165, 1.54) is 43.6 Å². The predicted molar refractivity (Wildman–Crippen MR) is 76.0 cm³/mol. The zero-order valence-corrected chi connectivity index (χ0v) is 11.7. The van der Waals surface area contributed by atoms with Crippen molar-refractivity contribution in [3.8, 4) is 0 Å². The van der Waals surface area contributed by atoms with Crippen LogP contribution in [0.2, 0.25) is 5.02 Å². The van der Waals surface area contributed by atoms with Crippen LogP contribution in [0.5, 0.6) is 0 Å². The van der Waals surface area contributed by atoms with Gasteiger partial charge in [-0.05, 0) is 55.5 Å². The fourth-order valence-corrected chi connectivity index (χ4v) is 3.57. The van der Waals surface area contributed by atoms with Gasteiger partial charge in [-0.25, -0.2) is 0 Å². The lowest BCUT2D eigenvalue weighted by Gasteiger charge is -2.24. The van der Waals surface area contributed by atoms with Crippen LogP contribution in [-0.4, -0.2) is 30.6 Å². The van der Waals surface area contributed by atoms with Crippen molar-refractivity contribution in [2.75, 3.05) is 19.6 Å². The Morgan fingerprint density at radius 3 is 3.06 bits per heavy atom. The third kappa shape index (κ3) is 2.56. The first-order valence-corrected chi connectivity index (χ1v) is 7.31. The molecule has 2 aliphatic heterocycles. The first kappa shape index (κ1) is 12.5. The molecule has 1 aromatic rings. The van der Waals surface area contributed by atoms with E-state index in [0.717, 1.165) is 23.5 Å².